The maximum absolute atomic E-state index is 11.0. The summed E-state index contributed by atoms with van der Waals surface area (Å²) in [5.41, 5.74) is 1.57. The van der Waals surface area contributed by atoms with Gasteiger partial charge in [-0.3, -0.25) is 15.1 Å². The molecule has 2 rings (SSSR count). The Morgan fingerprint density at radius 2 is 2.15 bits per heavy atom. The molecule has 2 aromatic rings. The number of pyridine rings is 1. The third kappa shape index (κ3) is 3.21. The maximum atomic E-state index is 11.0. The van der Waals surface area contributed by atoms with Crippen molar-refractivity contribution in [3.8, 4) is 0 Å². The number of nitro benzene ring substituents is 1. The number of hydrogen-bond donors (Lipinski definition) is 1. The molecule has 0 aliphatic heterocycles. The summed E-state index contributed by atoms with van der Waals surface area (Å²) in [5, 5.41) is 14.9. The molecular weight excluding hydrogens is 256 g/mol. The Bertz CT molecular complexity index is 613. The summed E-state index contributed by atoms with van der Waals surface area (Å²) in [6.45, 7) is 1.80. The predicted molar refractivity (Wildman–Crippen MR) is 80.1 cm³/mol. The van der Waals surface area contributed by atoms with E-state index in [9.17, 15) is 10.1 Å². The van der Waals surface area contributed by atoms with E-state index in [1.807, 2.05) is 14.1 Å². The van der Waals surface area contributed by atoms with E-state index in [-0.39, 0.29) is 10.6 Å². The standard InChI is InChI=1S/C14H18N4O2/c1-17(2)10-4-9-15-12-6-7-13(18(19)20)11-5-3-8-16-14(11)12/h3,5-8,15H,4,9-10H2,1-2H3. The van der Waals surface area contributed by atoms with Gasteiger partial charge >= 0.3 is 0 Å². The maximum Gasteiger partial charge on any atom is 0.278 e. The molecule has 1 heterocycles. The third-order valence-electron chi connectivity index (χ3n) is 3.04. The normalized spacial score (nSPS) is 10.9. The van der Waals surface area contributed by atoms with E-state index in [1.165, 1.54) is 6.07 Å². The Labute approximate surface area is 117 Å². The van der Waals surface area contributed by atoms with Gasteiger partial charge in [-0.05, 0) is 45.3 Å². The van der Waals surface area contributed by atoms with Gasteiger partial charge in [-0.1, -0.05) is 0 Å². The van der Waals surface area contributed by atoms with Crippen molar-refractivity contribution >= 4 is 22.3 Å². The number of nitro groups is 1. The monoisotopic (exact) mass is 274 g/mol. The molecule has 0 unspecified atom stereocenters. The number of aromatic nitrogens is 1. The molecule has 0 spiro atoms. The van der Waals surface area contributed by atoms with Crippen molar-refractivity contribution in [3.05, 3.63) is 40.6 Å². The van der Waals surface area contributed by atoms with Gasteiger partial charge < -0.3 is 10.2 Å². The van der Waals surface area contributed by atoms with Crippen molar-refractivity contribution in [1.82, 2.24) is 9.88 Å². The largest absolute Gasteiger partial charge is 0.383 e. The number of nitrogens with one attached hydrogen (secondary N) is 1. The average molecular weight is 274 g/mol. The fraction of sp³-hybridized carbons (Fsp3) is 0.357. The first-order chi connectivity index (χ1) is 9.59. The Kier molecular flexibility index (Phi) is 4.47. The molecule has 20 heavy (non-hydrogen) atoms. The SMILES string of the molecule is CN(C)CCCNc1ccc([N+](=O)[O-])c2cccnc12. The van der Waals surface area contributed by atoms with Crippen molar-refractivity contribution < 1.29 is 4.92 Å². The van der Waals surface area contributed by atoms with Crippen molar-refractivity contribution in [2.75, 3.05) is 32.5 Å². The van der Waals surface area contributed by atoms with E-state index in [4.69, 9.17) is 0 Å². The molecule has 0 bridgehead atoms. The summed E-state index contributed by atoms with van der Waals surface area (Å²) in [7, 11) is 4.06. The quantitative estimate of drug-likeness (QED) is 0.498. The van der Waals surface area contributed by atoms with E-state index in [1.54, 1.807) is 24.4 Å². The van der Waals surface area contributed by atoms with Crippen LogP contribution in [0.3, 0.4) is 0 Å². The van der Waals surface area contributed by atoms with Crippen LogP contribution in [-0.2, 0) is 0 Å². The van der Waals surface area contributed by atoms with Gasteiger partial charge in [-0.2, -0.15) is 0 Å². The van der Waals surface area contributed by atoms with Gasteiger partial charge in [-0.25, -0.2) is 0 Å². The highest BCUT2D eigenvalue weighted by Gasteiger charge is 2.14. The highest BCUT2D eigenvalue weighted by Crippen LogP contribution is 2.29. The molecule has 0 amide bonds. The summed E-state index contributed by atoms with van der Waals surface area (Å²) in [5.74, 6) is 0. The van der Waals surface area contributed by atoms with Crippen LogP contribution >= 0.6 is 0 Å². The van der Waals surface area contributed by atoms with Crippen LogP contribution in [0.5, 0.6) is 0 Å². The lowest BCUT2D eigenvalue weighted by Crippen LogP contribution is -2.16. The van der Waals surface area contributed by atoms with Crippen molar-refractivity contribution in [2.24, 2.45) is 0 Å². The summed E-state index contributed by atoms with van der Waals surface area (Å²) >= 11 is 0. The van der Waals surface area contributed by atoms with Crippen LogP contribution in [0.2, 0.25) is 0 Å². The van der Waals surface area contributed by atoms with Crippen LogP contribution in [0, 0.1) is 10.1 Å². The molecule has 0 radical (unpaired) electrons. The summed E-state index contributed by atoms with van der Waals surface area (Å²) in [6.07, 6.45) is 2.65. The van der Waals surface area contributed by atoms with Crippen LogP contribution in [-0.4, -0.2) is 42.0 Å². The highest BCUT2D eigenvalue weighted by atomic mass is 16.6. The van der Waals surface area contributed by atoms with E-state index >= 15 is 0 Å². The van der Waals surface area contributed by atoms with Gasteiger partial charge in [0.05, 0.1) is 16.0 Å². The average Bonchev–Trinajstić information content (AvgIpc) is 2.43. The van der Waals surface area contributed by atoms with Gasteiger partial charge in [0, 0.05) is 18.8 Å². The lowest BCUT2D eigenvalue weighted by Gasteiger charge is -2.12. The molecule has 6 heteroatoms. The molecule has 106 valence electrons. The van der Waals surface area contributed by atoms with Gasteiger partial charge in [0.2, 0.25) is 0 Å². The Morgan fingerprint density at radius 3 is 2.85 bits per heavy atom. The number of hydrogen-bond acceptors (Lipinski definition) is 5. The molecule has 1 N–H and O–H groups in total. The topological polar surface area (TPSA) is 71.3 Å². The first-order valence-corrected chi connectivity index (χ1v) is 6.50. The molecule has 0 aliphatic rings. The zero-order valence-electron chi connectivity index (χ0n) is 11.7. The second kappa shape index (κ2) is 6.29. The summed E-state index contributed by atoms with van der Waals surface area (Å²) in [4.78, 5) is 17.0. The Morgan fingerprint density at radius 1 is 1.35 bits per heavy atom. The minimum atomic E-state index is -0.375. The molecule has 0 fully saturated rings. The van der Waals surface area contributed by atoms with Gasteiger partial charge in [0.25, 0.3) is 5.69 Å². The van der Waals surface area contributed by atoms with Gasteiger partial charge in [0.15, 0.2) is 0 Å². The van der Waals surface area contributed by atoms with Crippen molar-refractivity contribution in [3.63, 3.8) is 0 Å². The van der Waals surface area contributed by atoms with Crippen LogP contribution < -0.4 is 5.32 Å². The fourth-order valence-corrected chi connectivity index (χ4v) is 2.08. The molecule has 6 nitrogen and oxygen atoms in total. The molecule has 1 aromatic heterocycles. The van der Waals surface area contributed by atoms with Crippen molar-refractivity contribution in [2.45, 2.75) is 6.42 Å². The van der Waals surface area contributed by atoms with Gasteiger partial charge in [-0.15, -0.1) is 0 Å². The molecule has 1 aromatic carbocycles. The summed E-state index contributed by atoms with van der Waals surface area (Å²) in [6, 6.07) is 6.69. The number of nitrogens with zero attached hydrogens (tertiary/aromatic N) is 3. The zero-order chi connectivity index (χ0) is 14.5. The lowest BCUT2D eigenvalue weighted by molar-refractivity contribution is -0.383. The minimum absolute atomic E-state index is 0.0898. The number of fused-ring (bicyclic) bond motifs is 1. The molecular formula is C14H18N4O2. The summed E-state index contributed by atoms with van der Waals surface area (Å²) < 4.78 is 0. The Hall–Kier alpha value is -2.21. The smallest absolute Gasteiger partial charge is 0.278 e. The minimum Gasteiger partial charge on any atom is -0.383 e. The predicted octanol–water partition coefficient (Wildman–Crippen LogP) is 2.51. The van der Waals surface area contributed by atoms with Crippen LogP contribution in [0.1, 0.15) is 6.42 Å². The number of rotatable bonds is 6. The Balaban J connectivity index is 2.22. The number of anilines is 1. The first-order valence-electron chi connectivity index (χ1n) is 6.50. The van der Waals surface area contributed by atoms with E-state index in [2.05, 4.69) is 15.2 Å². The third-order valence-corrected chi connectivity index (χ3v) is 3.04. The molecule has 0 saturated carbocycles. The first kappa shape index (κ1) is 14.2. The van der Waals surface area contributed by atoms with Crippen LogP contribution in [0.4, 0.5) is 11.4 Å². The van der Waals surface area contributed by atoms with Crippen molar-refractivity contribution in [1.29, 1.82) is 0 Å². The molecule has 0 atom stereocenters. The molecule has 0 saturated heterocycles. The fourth-order valence-electron chi connectivity index (χ4n) is 2.08. The van der Waals surface area contributed by atoms with E-state index in [0.29, 0.717) is 10.9 Å². The highest BCUT2D eigenvalue weighted by molar-refractivity contribution is 5.96. The second-order valence-corrected chi connectivity index (χ2v) is 4.87. The zero-order valence-corrected chi connectivity index (χ0v) is 11.7. The lowest BCUT2D eigenvalue weighted by atomic mass is 10.1. The van der Waals surface area contributed by atoms with Crippen LogP contribution in [0.15, 0.2) is 30.5 Å². The second-order valence-electron chi connectivity index (χ2n) is 4.87. The van der Waals surface area contributed by atoms with Gasteiger partial charge in [0.1, 0.15) is 5.52 Å². The molecule has 0 aliphatic carbocycles. The van der Waals surface area contributed by atoms with E-state index in [0.717, 1.165) is 25.2 Å². The van der Waals surface area contributed by atoms with E-state index < -0.39 is 0 Å². The number of non-ortho nitro benzene ring substituents is 1. The number of benzene rings is 1. The van der Waals surface area contributed by atoms with Crippen LogP contribution in [0.25, 0.3) is 10.9 Å².